The summed E-state index contributed by atoms with van der Waals surface area (Å²) in [6.45, 7) is 6.31. The SMILES string of the molecule is CCC(Nc1ccncc1C(=O)O)C(C)C. The number of aromatic carboxylic acids is 1. The summed E-state index contributed by atoms with van der Waals surface area (Å²) in [5, 5.41) is 12.3. The minimum atomic E-state index is -0.950. The smallest absolute Gasteiger partial charge is 0.339 e. The van der Waals surface area contributed by atoms with Crippen molar-refractivity contribution < 1.29 is 9.90 Å². The van der Waals surface area contributed by atoms with Crippen LogP contribution in [0.4, 0.5) is 5.69 Å². The Morgan fingerprint density at radius 1 is 1.56 bits per heavy atom. The predicted octanol–water partition coefficient (Wildman–Crippen LogP) is 2.63. The van der Waals surface area contributed by atoms with E-state index >= 15 is 0 Å². The highest BCUT2D eigenvalue weighted by atomic mass is 16.4. The minimum absolute atomic E-state index is 0.224. The van der Waals surface area contributed by atoms with Gasteiger partial charge in [-0.05, 0) is 18.4 Å². The lowest BCUT2D eigenvalue weighted by atomic mass is 10.0. The van der Waals surface area contributed by atoms with Gasteiger partial charge in [-0.3, -0.25) is 4.98 Å². The van der Waals surface area contributed by atoms with Crippen LogP contribution in [-0.2, 0) is 0 Å². The van der Waals surface area contributed by atoms with E-state index in [4.69, 9.17) is 5.11 Å². The Balaban J connectivity index is 2.91. The number of hydrogen-bond acceptors (Lipinski definition) is 3. The molecular formula is C12H18N2O2. The molecule has 0 amide bonds. The maximum atomic E-state index is 11.0. The molecule has 0 saturated heterocycles. The van der Waals surface area contributed by atoms with Crippen molar-refractivity contribution in [3.8, 4) is 0 Å². The summed E-state index contributed by atoms with van der Waals surface area (Å²) >= 11 is 0. The molecule has 0 radical (unpaired) electrons. The van der Waals surface area contributed by atoms with Gasteiger partial charge in [0.15, 0.2) is 0 Å². The van der Waals surface area contributed by atoms with E-state index in [1.807, 2.05) is 0 Å². The number of rotatable bonds is 5. The largest absolute Gasteiger partial charge is 0.478 e. The van der Waals surface area contributed by atoms with Crippen LogP contribution in [0.1, 0.15) is 37.6 Å². The second kappa shape index (κ2) is 5.49. The molecule has 1 aromatic heterocycles. The van der Waals surface area contributed by atoms with Gasteiger partial charge in [-0.25, -0.2) is 4.79 Å². The third kappa shape index (κ3) is 2.95. The fourth-order valence-electron chi connectivity index (χ4n) is 1.63. The van der Waals surface area contributed by atoms with Gasteiger partial charge in [0.1, 0.15) is 5.56 Å². The highest BCUT2D eigenvalue weighted by molar-refractivity contribution is 5.93. The average molecular weight is 222 g/mol. The van der Waals surface area contributed by atoms with Crippen molar-refractivity contribution in [3.05, 3.63) is 24.0 Å². The molecule has 0 saturated carbocycles. The number of carboxylic acid groups (broad SMARTS) is 1. The standard InChI is InChI=1S/C12H18N2O2/c1-4-10(8(2)3)14-11-5-6-13-7-9(11)12(15)16/h5-8,10H,4H2,1-3H3,(H,13,14)(H,15,16). The van der Waals surface area contributed by atoms with Gasteiger partial charge in [0, 0.05) is 18.4 Å². The lowest BCUT2D eigenvalue weighted by molar-refractivity contribution is 0.0697. The molecule has 88 valence electrons. The van der Waals surface area contributed by atoms with Gasteiger partial charge in [-0.15, -0.1) is 0 Å². The first-order valence-electron chi connectivity index (χ1n) is 5.50. The molecule has 0 bridgehead atoms. The summed E-state index contributed by atoms with van der Waals surface area (Å²) in [7, 11) is 0. The summed E-state index contributed by atoms with van der Waals surface area (Å²) in [5.74, 6) is -0.492. The van der Waals surface area contributed by atoms with Crippen molar-refractivity contribution in [3.63, 3.8) is 0 Å². The van der Waals surface area contributed by atoms with Gasteiger partial charge >= 0.3 is 5.97 Å². The first kappa shape index (κ1) is 12.5. The molecule has 4 heteroatoms. The topological polar surface area (TPSA) is 62.2 Å². The summed E-state index contributed by atoms with van der Waals surface area (Å²) in [4.78, 5) is 14.8. The molecule has 0 aromatic carbocycles. The van der Waals surface area contributed by atoms with Gasteiger partial charge in [0.05, 0.1) is 5.69 Å². The van der Waals surface area contributed by atoms with Crippen LogP contribution in [0.15, 0.2) is 18.5 Å². The van der Waals surface area contributed by atoms with Gasteiger partial charge in [0.2, 0.25) is 0 Å². The predicted molar refractivity (Wildman–Crippen MR) is 63.7 cm³/mol. The molecule has 0 spiro atoms. The molecule has 0 fully saturated rings. The summed E-state index contributed by atoms with van der Waals surface area (Å²) in [6.07, 6.45) is 3.93. The monoisotopic (exact) mass is 222 g/mol. The number of hydrogen-bond donors (Lipinski definition) is 2. The van der Waals surface area contributed by atoms with E-state index in [0.717, 1.165) is 6.42 Å². The van der Waals surface area contributed by atoms with Crippen molar-refractivity contribution >= 4 is 11.7 Å². The first-order chi connectivity index (χ1) is 7.56. The normalized spacial score (nSPS) is 12.5. The maximum Gasteiger partial charge on any atom is 0.339 e. The third-order valence-electron chi connectivity index (χ3n) is 2.64. The van der Waals surface area contributed by atoms with Gasteiger partial charge in [-0.2, -0.15) is 0 Å². The number of pyridine rings is 1. The van der Waals surface area contributed by atoms with Crippen LogP contribution < -0.4 is 5.32 Å². The third-order valence-corrected chi connectivity index (χ3v) is 2.64. The van der Waals surface area contributed by atoms with Crippen LogP contribution in [0.5, 0.6) is 0 Å². The molecule has 1 atom stereocenters. The number of carbonyl (C=O) groups is 1. The second-order valence-corrected chi connectivity index (χ2v) is 4.13. The number of nitrogens with one attached hydrogen (secondary N) is 1. The zero-order valence-corrected chi connectivity index (χ0v) is 9.90. The molecule has 1 heterocycles. The molecule has 4 nitrogen and oxygen atoms in total. The van der Waals surface area contributed by atoms with Crippen molar-refractivity contribution in [2.75, 3.05) is 5.32 Å². The van der Waals surface area contributed by atoms with Crippen LogP contribution >= 0.6 is 0 Å². The Bertz CT molecular complexity index is 364. The number of anilines is 1. The van der Waals surface area contributed by atoms with E-state index in [0.29, 0.717) is 11.6 Å². The van der Waals surface area contributed by atoms with Gasteiger partial charge < -0.3 is 10.4 Å². The maximum absolute atomic E-state index is 11.0. The molecule has 0 aliphatic heterocycles. The van der Waals surface area contributed by atoms with Gasteiger partial charge in [-0.1, -0.05) is 20.8 Å². The summed E-state index contributed by atoms with van der Waals surface area (Å²) in [6, 6.07) is 1.98. The van der Waals surface area contributed by atoms with E-state index in [1.54, 1.807) is 12.3 Å². The lowest BCUT2D eigenvalue weighted by Crippen LogP contribution is -2.25. The molecule has 16 heavy (non-hydrogen) atoms. The first-order valence-corrected chi connectivity index (χ1v) is 5.50. The summed E-state index contributed by atoms with van der Waals surface area (Å²) < 4.78 is 0. The fourth-order valence-corrected chi connectivity index (χ4v) is 1.63. The van der Waals surface area contributed by atoms with Crippen molar-refractivity contribution in [1.82, 2.24) is 4.98 Å². The Labute approximate surface area is 95.7 Å². The zero-order valence-electron chi connectivity index (χ0n) is 9.90. The van der Waals surface area contributed by atoms with Crippen LogP contribution in [0.25, 0.3) is 0 Å². The zero-order chi connectivity index (χ0) is 12.1. The van der Waals surface area contributed by atoms with E-state index < -0.39 is 5.97 Å². The Morgan fingerprint density at radius 2 is 2.25 bits per heavy atom. The fraction of sp³-hybridized carbons (Fsp3) is 0.500. The molecule has 0 aliphatic rings. The van der Waals surface area contributed by atoms with Crippen LogP contribution in [0, 0.1) is 5.92 Å². The van der Waals surface area contributed by atoms with E-state index in [-0.39, 0.29) is 11.6 Å². The summed E-state index contributed by atoms with van der Waals surface area (Å²) in [5.41, 5.74) is 0.865. The van der Waals surface area contributed by atoms with Crippen molar-refractivity contribution in [2.45, 2.75) is 33.2 Å². The van der Waals surface area contributed by atoms with E-state index in [2.05, 4.69) is 31.1 Å². The van der Waals surface area contributed by atoms with Crippen molar-refractivity contribution in [2.24, 2.45) is 5.92 Å². The van der Waals surface area contributed by atoms with Crippen LogP contribution in [0.3, 0.4) is 0 Å². The van der Waals surface area contributed by atoms with E-state index in [1.165, 1.54) is 6.20 Å². The quantitative estimate of drug-likeness (QED) is 0.804. The lowest BCUT2D eigenvalue weighted by Gasteiger charge is -2.22. The molecular weight excluding hydrogens is 204 g/mol. The highest BCUT2D eigenvalue weighted by Crippen LogP contribution is 2.18. The minimum Gasteiger partial charge on any atom is -0.478 e. The molecule has 1 rings (SSSR count). The number of nitrogens with zero attached hydrogens (tertiary/aromatic N) is 1. The molecule has 1 aromatic rings. The Morgan fingerprint density at radius 3 is 2.75 bits per heavy atom. The Hall–Kier alpha value is -1.58. The molecule has 2 N–H and O–H groups in total. The van der Waals surface area contributed by atoms with Crippen molar-refractivity contribution in [1.29, 1.82) is 0 Å². The van der Waals surface area contributed by atoms with Gasteiger partial charge in [0.25, 0.3) is 0 Å². The van der Waals surface area contributed by atoms with E-state index in [9.17, 15) is 4.79 Å². The number of aromatic nitrogens is 1. The van der Waals surface area contributed by atoms with Crippen LogP contribution in [0.2, 0.25) is 0 Å². The number of carboxylic acids is 1. The average Bonchev–Trinajstić information content (AvgIpc) is 2.25. The Kier molecular flexibility index (Phi) is 4.28. The molecule has 0 aliphatic carbocycles. The molecule has 1 unspecified atom stereocenters. The second-order valence-electron chi connectivity index (χ2n) is 4.13. The van der Waals surface area contributed by atoms with Crippen LogP contribution in [-0.4, -0.2) is 22.1 Å². The highest BCUT2D eigenvalue weighted by Gasteiger charge is 2.15.